The smallest absolute Gasteiger partial charge is 0.262 e. The van der Waals surface area contributed by atoms with Crippen molar-refractivity contribution in [3.8, 4) is 0 Å². The van der Waals surface area contributed by atoms with E-state index in [1.54, 1.807) is 13.8 Å². The summed E-state index contributed by atoms with van der Waals surface area (Å²) in [4.78, 5) is 0. The van der Waals surface area contributed by atoms with Crippen molar-refractivity contribution >= 4 is 10.9 Å². The molecule has 2 rings (SSSR count). The normalized spacial score (nSPS) is 12.6. The quantitative estimate of drug-likeness (QED) is 0.759. The van der Waals surface area contributed by atoms with Crippen molar-refractivity contribution in [1.29, 1.82) is 0 Å². The third-order valence-electron chi connectivity index (χ3n) is 2.70. The van der Waals surface area contributed by atoms with E-state index in [1.165, 1.54) is 0 Å². The van der Waals surface area contributed by atoms with Gasteiger partial charge in [-0.05, 0) is 5.92 Å². The fourth-order valence-corrected chi connectivity index (χ4v) is 1.95. The molecule has 0 N–H and O–H groups in total. The van der Waals surface area contributed by atoms with Crippen molar-refractivity contribution in [3.05, 3.63) is 29.5 Å². The zero-order valence-corrected chi connectivity index (χ0v) is 10.2. The zero-order chi connectivity index (χ0) is 14.4. The van der Waals surface area contributed by atoms with Crippen molar-refractivity contribution < 1.29 is 22.0 Å². The molecule has 1 aromatic carbocycles. The van der Waals surface area contributed by atoms with Gasteiger partial charge in [-0.15, -0.1) is 0 Å². The second-order valence-corrected chi connectivity index (χ2v) is 4.62. The van der Waals surface area contributed by atoms with Gasteiger partial charge in [0.25, 0.3) is 0 Å². The molecule has 0 aliphatic rings. The van der Waals surface area contributed by atoms with E-state index < -0.39 is 30.3 Å². The number of hydrogen-bond donors (Lipinski definition) is 0. The minimum Gasteiger partial charge on any atom is -0.262 e. The molecular weight excluding hydrogens is 267 g/mol. The number of alkyl halides is 3. The summed E-state index contributed by atoms with van der Waals surface area (Å²) in [6.45, 7) is 1.88. The molecule has 7 heteroatoms. The van der Waals surface area contributed by atoms with Crippen LogP contribution in [0.1, 0.15) is 25.3 Å². The maximum Gasteiger partial charge on any atom is 0.408 e. The molecular formula is C12H11F5N2. The summed E-state index contributed by atoms with van der Waals surface area (Å²) < 4.78 is 65.0. The van der Waals surface area contributed by atoms with E-state index in [4.69, 9.17) is 0 Å². The van der Waals surface area contributed by atoms with Gasteiger partial charge in [-0.1, -0.05) is 13.8 Å². The van der Waals surface area contributed by atoms with Crippen LogP contribution in [0.15, 0.2) is 12.3 Å². The van der Waals surface area contributed by atoms with E-state index in [9.17, 15) is 22.0 Å². The van der Waals surface area contributed by atoms with Crippen LogP contribution < -0.4 is 0 Å². The molecule has 0 unspecified atom stereocenters. The molecule has 0 aliphatic heterocycles. The van der Waals surface area contributed by atoms with Gasteiger partial charge >= 0.3 is 6.18 Å². The molecule has 19 heavy (non-hydrogen) atoms. The number of nitrogens with zero attached hydrogens (tertiary/aromatic N) is 2. The zero-order valence-electron chi connectivity index (χ0n) is 10.2. The van der Waals surface area contributed by atoms with Crippen LogP contribution in [-0.2, 0) is 6.54 Å². The first-order valence-corrected chi connectivity index (χ1v) is 5.61. The molecule has 2 nitrogen and oxygen atoms in total. The molecule has 0 fully saturated rings. The molecule has 0 amide bonds. The highest BCUT2D eigenvalue weighted by Crippen LogP contribution is 2.29. The maximum atomic E-state index is 14.1. The number of benzene rings is 1. The Balaban J connectivity index is 2.57. The molecule has 0 atom stereocenters. The molecule has 1 heterocycles. The summed E-state index contributed by atoms with van der Waals surface area (Å²) in [5.74, 6) is -2.05. The first-order chi connectivity index (χ1) is 8.69. The lowest BCUT2D eigenvalue weighted by atomic mass is 10.00. The van der Waals surface area contributed by atoms with Gasteiger partial charge in [0.2, 0.25) is 0 Å². The molecule has 0 saturated carbocycles. The van der Waals surface area contributed by atoms with Crippen LogP contribution in [0.4, 0.5) is 22.0 Å². The molecule has 0 bridgehead atoms. The fourth-order valence-electron chi connectivity index (χ4n) is 1.95. The van der Waals surface area contributed by atoms with E-state index in [0.717, 1.165) is 12.3 Å². The lowest BCUT2D eigenvalue weighted by Crippen LogP contribution is -2.17. The second kappa shape index (κ2) is 4.47. The second-order valence-electron chi connectivity index (χ2n) is 4.62. The Bertz CT molecular complexity index is 613. The van der Waals surface area contributed by atoms with E-state index in [-0.39, 0.29) is 16.5 Å². The first kappa shape index (κ1) is 13.8. The minimum absolute atomic E-state index is 0.102. The van der Waals surface area contributed by atoms with E-state index >= 15 is 0 Å². The lowest BCUT2D eigenvalue weighted by Gasteiger charge is -2.08. The fraction of sp³-hybridized carbons (Fsp3) is 0.417. The Morgan fingerprint density at radius 1 is 1.26 bits per heavy atom. The number of aromatic nitrogens is 2. The Labute approximate surface area is 105 Å². The average molecular weight is 278 g/mol. The first-order valence-electron chi connectivity index (χ1n) is 5.61. The number of rotatable bonds is 2. The Kier molecular flexibility index (Phi) is 3.24. The van der Waals surface area contributed by atoms with Crippen molar-refractivity contribution in [2.45, 2.75) is 32.5 Å². The van der Waals surface area contributed by atoms with Gasteiger partial charge in [-0.25, -0.2) is 8.78 Å². The van der Waals surface area contributed by atoms with E-state index in [2.05, 4.69) is 5.10 Å². The van der Waals surface area contributed by atoms with Crippen LogP contribution in [0.2, 0.25) is 0 Å². The van der Waals surface area contributed by atoms with Gasteiger partial charge in [0, 0.05) is 17.8 Å². The standard InChI is InChI=1S/C12H11F5N2/c1-6(2)10-8(13)3-9-7(11(10)14)4-19(18-9)5-12(15,16)17/h3-4,6H,5H2,1-2H3. The summed E-state index contributed by atoms with van der Waals surface area (Å²) in [5.41, 5.74) is -0.261. The Morgan fingerprint density at radius 2 is 1.89 bits per heavy atom. The largest absolute Gasteiger partial charge is 0.408 e. The summed E-state index contributed by atoms with van der Waals surface area (Å²) in [7, 11) is 0. The topological polar surface area (TPSA) is 17.8 Å². The predicted octanol–water partition coefficient (Wildman–Crippen LogP) is 4.00. The van der Waals surface area contributed by atoms with Crippen molar-refractivity contribution in [2.24, 2.45) is 0 Å². The van der Waals surface area contributed by atoms with Crippen LogP contribution >= 0.6 is 0 Å². The van der Waals surface area contributed by atoms with Crippen LogP contribution in [0.5, 0.6) is 0 Å². The van der Waals surface area contributed by atoms with Gasteiger partial charge in [-0.2, -0.15) is 18.3 Å². The highest BCUT2D eigenvalue weighted by Gasteiger charge is 2.29. The third kappa shape index (κ3) is 2.69. The SMILES string of the molecule is CC(C)c1c(F)cc2nn(CC(F)(F)F)cc2c1F. The van der Waals surface area contributed by atoms with Gasteiger partial charge in [0.15, 0.2) is 0 Å². The lowest BCUT2D eigenvalue weighted by molar-refractivity contribution is -0.142. The summed E-state index contributed by atoms with van der Waals surface area (Å²) in [6.07, 6.45) is -3.51. The van der Waals surface area contributed by atoms with Crippen molar-refractivity contribution in [2.75, 3.05) is 0 Å². The van der Waals surface area contributed by atoms with Gasteiger partial charge in [0.05, 0.1) is 10.9 Å². The van der Waals surface area contributed by atoms with Crippen LogP contribution in [0.3, 0.4) is 0 Å². The van der Waals surface area contributed by atoms with E-state index in [0.29, 0.717) is 4.68 Å². The van der Waals surface area contributed by atoms with E-state index in [1.807, 2.05) is 0 Å². The van der Waals surface area contributed by atoms with Gasteiger partial charge < -0.3 is 0 Å². The minimum atomic E-state index is -4.46. The summed E-state index contributed by atoms with van der Waals surface area (Å²) in [5, 5.41) is 3.43. The number of fused-ring (bicyclic) bond motifs is 1. The molecule has 0 spiro atoms. The Morgan fingerprint density at radius 3 is 2.42 bits per heavy atom. The monoisotopic (exact) mass is 278 g/mol. The Hall–Kier alpha value is -1.66. The maximum absolute atomic E-state index is 14.1. The summed E-state index contributed by atoms with van der Waals surface area (Å²) in [6, 6.07) is 0.959. The molecule has 2 aromatic rings. The molecule has 0 radical (unpaired) electrons. The predicted molar refractivity (Wildman–Crippen MR) is 59.8 cm³/mol. The van der Waals surface area contributed by atoms with Crippen LogP contribution in [-0.4, -0.2) is 16.0 Å². The summed E-state index contributed by atoms with van der Waals surface area (Å²) >= 11 is 0. The molecule has 1 aromatic heterocycles. The molecule has 104 valence electrons. The molecule has 0 aliphatic carbocycles. The van der Waals surface area contributed by atoms with Crippen molar-refractivity contribution in [3.63, 3.8) is 0 Å². The van der Waals surface area contributed by atoms with Crippen molar-refractivity contribution in [1.82, 2.24) is 9.78 Å². The molecule has 0 saturated heterocycles. The highest BCUT2D eigenvalue weighted by molar-refractivity contribution is 5.80. The average Bonchev–Trinajstić information content (AvgIpc) is 2.56. The highest BCUT2D eigenvalue weighted by atomic mass is 19.4. The number of hydrogen-bond acceptors (Lipinski definition) is 1. The van der Waals surface area contributed by atoms with Crippen LogP contribution in [0.25, 0.3) is 10.9 Å². The van der Waals surface area contributed by atoms with Gasteiger partial charge in [0.1, 0.15) is 18.2 Å². The van der Waals surface area contributed by atoms with Gasteiger partial charge in [-0.3, -0.25) is 4.68 Å². The number of halogens is 5. The third-order valence-corrected chi connectivity index (χ3v) is 2.70. The van der Waals surface area contributed by atoms with Crippen LogP contribution in [0, 0.1) is 11.6 Å².